The largest absolute Gasteiger partial charge is 0.249 e. The number of aliphatic imine (C=N–C) groups is 3. The van der Waals surface area contributed by atoms with Gasteiger partial charge in [-0.15, -0.1) is 0 Å². The SMILES string of the molecule is C=C(N=CC)N=CN=CCC. The summed E-state index contributed by atoms with van der Waals surface area (Å²) >= 11 is 0. The molecule has 60 valence electrons. The fourth-order valence-corrected chi connectivity index (χ4v) is 0.435. The monoisotopic (exact) mass is 151 g/mol. The molecule has 0 atom stereocenters. The van der Waals surface area contributed by atoms with Gasteiger partial charge in [0.05, 0.1) is 0 Å². The van der Waals surface area contributed by atoms with Gasteiger partial charge in [-0.25, -0.2) is 15.0 Å². The van der Waals surface area contributed by atoms with Gasteiger partial charge in [0.2, 0.25) is 0 Å². The molecule has 0 aromatic carbocycles. The van der Waals surface area contributed by atoms with Crippen LogP contribution >= 0.6 is 0 Å². The van der Waals surface area contributed by atoms with Gasteiger partial charge in [0, 0.05) is 12.4 Å². The van der Waals surface area contributed by atoms with Gasteiger partial charge in [0.25, 0.3) is 0 Å². The normalized spacial score (nSPS) is 12.2. The first-order valence-electron chi connectivity index (χ1n) is 3.53. The maximum Gasteiger partial charge on any atom is 0.146 e. The van der Waals surface area contributed by atoms with E-state index < -0.39 is 0 Å². The van der Waals surface area contributed by atoms with Crippen LogP contribution in [-0.2, 0) is 0 Å². The third kappa shape index (κ3) is 6.64. The first kappa shape index (κ1) is 9.75. The molecule has 0 N–H and O–H groups in total. The summed E-state index contributed by atoms with van der Waals surface area (Å²) in [5.74, 6) is 0.473. The maximum atomic E-state index is 3.86. The zero-order valence-electron chi connectivity index (χ0n) is 6.99. The Bertz CT molecular complexity index is 190. The Balaban J connectivity index is 3.74. The molecule has 0 aromatic heterocycles. The van der Waals surface area contributed by atoms with Crippen LogP contribution in [0.25, 0.3) is 0 Å². The van der Waals surface area contributed by atoms with Crippen molar-refractivity contribution in [2.24, 2.45) is 15.0 Å². The van der Waals surface area contributed by atoms with Crippen molar-refractivity contribution in [3.8, 4) is 0 Å². The van der Waals surface area contributed by atoms with Crippen molar-refractivity contribution in [1.82, 2.24) is 0 Å². The lowest BCUT2D eigenvalue weighted by Gasteiger charge is -1.84. The fourth-order valence-electron chi connectivity index (χ4n) is 0.435. The zero-order valence-corrected chi connectivity index (χ0v) is 6.99. The molecule has 3 nitrogen and oxygen atoms in total. The summed E-state index contributed by atoms with van der Waals surface area (Å²) in [6.07, 6.45) is 5.77. The molecule has 0 amide bonds. The lowest BCUT2D eigenvalue weighted by molar-refractivity contribution is 1.26. The standard InChI is InChI=1S/C8H13N3/c1-4-6-9-7-11-8(3)10-5-2/h5-7H,3-4H2,1-2H3. The van der Waals surface area contributed by atoms with Crippen LogP contribution in [0.3, 0.4) is 0 Å². The van der Waals surface area contributed by atoms with Crippen LogP contribution in [-0.4, -0.2) is 18.8 Å². The first-order chi connectivity index (χ1) is 5.31. The Morgan fingerprint density at radius 3 is 2.73 bits per heavy atom. The van der Waals surface area contributed by atoms with Gasteiger partial charge in [0.1, 0.15) is 12.2 Å². The molecule has 0 aromatic rings. The minimum atomic E-state index is 0.473. The Kier molecular flexibility index (Phi) is 6.08. The Labute approximate surface area is 67.3 Å². The minimum absolute atomic E-state index is 0.473. The second-order valence-corrected chi connectivity index (χ2v) is 1.79. The van der Waals surface area contributed by atoms with Crippen molar-refractivity contribution in [2.45, 2.75) is 20.3 Å². The van der Waals surface area contributed by atoms with E-state index in [1.165, 1.54) is 6.34 Å². The van der Waals surface area contributed by atoms with E-state index in [1.807, 2.05) is 13.8 Å². The maximum absolute atomic E-state index is 3.86. The third-order valence-corrected chi connectivity index (χ3v) is 0.840. The van der Waals surface area contributed by atoms with E-state index in [0.29, 0.717) is 5.82 Å². The molecule has 0 saturated heterocycles. The second-order valence-electron chi connectivity index (χ2n) is 1.79. The molecule has 0 spiro atoms. The molecule has 0 heterocycles. The first-order valence-corrected chi connectivity index (χ1v) is 3.53. The van der Waals surface area contributed by atoms with Crippen LogP contribution in [0.2, 0.25) is 0 Å². The molecule has 0 radical (unpaired) electrons. The van der Waals surface area contributed by atoms with E-state index in [9.17, 15) is 0 Å². The summed E-state index contributed by atoms with van der Waals surface area (Å²) in [6, 6.07) is 0. The molecule has 0 aliphatic carbocycles. The highest BCUT2D eigenvalue weighted by atomic mass is 15.0. The van der Waals surface area contributed by atoms with E-state index in [4.69, 9.17) is 0 Å². The van der Waals surface area contributed by atoms with E-state index in [1.54, 1.807) is 12.4 Å². The lowest BCUT2D eigenvalue weighted by Crippen LogP contribution is -1.73. The van der Waals surface area contributed by atoms with Crippen LogP contribution in [0.5, 0.6) is 0 Å². The Morgan fingerprint density at radius 2 is 2.18 bits per heavy atom. The van der Waals surface area contributed by atoms with Gasteiger partial charge in [-0.1, -0.05) is 13.5 Å². The summed E-state index contributed by atoms with van der Waals surface area (Å²) in [5.41, 5.74) is 0. The van der Waals surface area contributed by atoms with Crippen LogP contribution in [0.4, 0.5) is 0 Å². The summed E-state index contributed by atoms with van der Waals surface area (Å²) in [7, 11) is 0. The highest BCUT2D eigenvalue weighted by Crippen LogP contribution is 1.90. The molecule has 11 heavy (non-hydrogen) atoms. The van der Waals surface area contributed by atoms with Gasteiger partial charge < -0.3 is 0 Å². The highest BCUT2D eigenvalue weighted by molar-refractivity contribution is 5.72. The highest BCUT2D eigenvalue weighted by Gasteiger charge is 1.76. The average Bonchev–Trinajstić information content (AvgIpc) is 1.99. The summed E-state index contributed by atoms with van der Waals surface area (Å²) in [4.78, 5) is 11.5. The second kappa shape index (κ2) is 6.86. The van der Waals surface area contributed by atoms with Gasteiger partial charge >= 0.3 is 0 Å². The molecular weight excluding hydrogens is 138 g/mol. The molecule has 3 heteroatoms. The van der Waals surface area contributed by atoms with Crippen molar-refractivity contribution in [1.29, 1.82) is 0 Å². The van der Waals surface area contributed by atoms with Gasteiger partial charge in [-0.3, -0.25) is 0 Å². The van der Waals surface area contributed by atoms with Gasteiger partial charge in [-0.2, -0.15) is 0 Å². The molecule has 0 aliphatic heterocycles. The lowest BCUT2D eigenvalue weighted by atomic mass is 10.5. The molecule has 0 bridgehead atoms. The van der Waals surface area contributed by atoms with Gasteiger partial charge in [0.15, 0.2) is 0 Å². The fraction of sp³-hybridized carbons (Fsp3) is 0.375. The quantitative estimate of drug-likeness (QED) is 0.435. The van der Waals surface area contributed by atoms with Crippen LogP contribution in [0.1, 0.15) is 20.3 Å². The van der Waals surface area contributed by atoms with Crippen molar-refractivity contribution in [3.63, 3.8) is 0 Å². The molecule has 0 aliphatic rings. The zero-order chi connectivity index (χ0) is 8.53. The molecule has 0 fully saturated rings. The Morgan fingerprint density at radius 1 is 1.45 bits per heavy atom. The van der Waals surface area contributed by atoms with Crippen molar-refractivity contribution < 1.29 is 0 Å². The molecule has 0 unspecified atom stereocenters. The van der Waals surface area contributed by atoms with Crippen molar-refractivity contribution in [3.05, 3.63) is 12.4 Å². The molecular formula is C8H13N3. The van der Waals surface area contributed by atoms with Crippen molar-refractivity contribution in [2.75, 3.05) is 0 Å². The average molecular weight is 151 g/mol. The molecule has 0 saturated carbocycles. The molecule has 0 rings (SSSR count). The van der Waals surface area contributed by atoms with E-state index in [-0.39, 0.29) is 0 Å². The Hall–Kier alpha value is -1.25. The number of hydrogen-bond acceptors (Lipinski definition) is 2. The van der Waals surface area contributed by atoms with Gasteiger partial charge in [-0.05, 0) is 13.3 Å². The smallest absolute Gasteiger partial charge is 0.146 e. The van der Waals surface area contributed by atoms with Crippen LogP contribution < -0.4 is 0 Å². The number of rotatable bonds is 4. The minimum Gasteiger partial charge on any atom is -0.249 e. The van der Waals surface area contributed by atoms with E-state index in [2.05, 4.69) is 21.6 Å². The third-order valence-electron chi connectivity index (χ3n) is 0.840. The summed E-state index contributed by atoms with van der Waals surface area (Å²) in [6.45, 7) is 7.40. The predicted octanol–water partition coefficient (Wildman–Crippen LogP) is 2.06. The number of hydrogen-bond donors (Lipinski definition) is 0. The van der Waals surface area contributed by atoms with E-state index >= 15 is 0 Å². The summed E-state index contributed by atoms with van der Waals surface area (Å²) < 4.78 is 0. The van der Waals surface area contributed by atoms with Crippen LogP contribution in [0.15, 0.2) is 27.4 Å². The van der Waals surface area contributed by atoms with Crippen LogP contribution in [0, 0.1) is 0 Å². The number of nitrogens with zero attached hydrogens (tertiary/aromatic N) is 3. The predicted molar refractivity (Wildman–Crippen MR) is 50.6 cm³/mol. The topological polar surface area (TPSA) is 37.1 Å². The summed E-state index contributed by atoms with van der Waals surface area (Å²) in [5, 5.41) is 0. The van der Waals surface area contributed by atoms with Crippen molar-refractivity contribution >= 4 is 18.8 Å². The van der Waals surface area contributed by atoms with E-state index in [0.717, 1.165) is 6.42 Å².